The summed E-state index contributed by atoms with van der Waals surface area (Å²) < 4.78 is 26.1. The molecule has 1 saturated heterocycles. The Hall–Kier alpha value is -1.37. The lowest BCUT2D eigenvalue weighted by molar-refractivity contribution is -0.123. The zero-order valence-electron chi connectivity index (χ0n) is 12.2. The number of alkyl halides is 2. The molecule has 3 N–H and O–H groups in total. The van der Waals surface area contributed by atoms with E-state index < -0.39 is 24.9 Å². The van der Waals surface area contributed by atoms with Crippen LogP contribution >= 0.6 is 24.0 Å². The summed E-state index contributed by atoms with van der Waals surface area (Å²) in [6.45, 7) is -0.0475. The van der Waals surface area contributed by atoms with Gasteiger partial charge >= 0.3 is 0 Å². The number of carbonyl (C=O) groups is 1. The van der Waals surface area contributed by atoms with E-state index in [0.717, 1.165) is 16.5 Å². The molecule has 0 saturated carbocycles. The Morgan fingerprint density at radius 2 is 2.22 bits per heavy atom. The normalized spacial score (nSPS) is 19.5. The van der Waals surface area contributed by atoms with Crippen LogP contribution in [-0.2, 0) is 11.2 Å². The molecule has 126 valence electrons. The lowest BCUT2D eigenvalue weighted by Gasteiger charge is -2.11. The van der Waals surface area contributed by atoms with Crippen molar-refractivity contribution >= 4 is 40.8 Å². The molecular weight excluding hydrogens is 347 g/mol. The Morgan fingerprint density at radius 3 is 2.91 bits per heavy atom. The molecule has 4 nitrogen and oxygen atoms in total. The zero-order chi connectivity index (χ0) is 15.7. The molecule has 1 aliphatic rings. The molecule has 0 radical (unpaired) electrons. The number of amides is 1. The third-order valence-corrected chi connectivity index (χ3v) is 4.08. The highest BCUT2D eigenvalue weighted by atomic mass is 35.5. The van der Waals surface area contributed by atoms with Crippen molar-refractivity contribution in [2.45, 2.75) is 24.8 Å². The number of aromatic amines is 1. The van der Waals surface area contributed by atoms with E-state index in [0.29, 0.717) is 18.0 Å². The molecule has 0 spiro atoms. The molecule has 23 heavy (non-hydrogen) atoms. The van der Waals surface area contributed by atoms with Crippen LogP contribution in [0.4, 0.5) is 8.78 Å². The number of hydrogen-bond donors (Lipinski definition) is 3. The minimum atomic E-state index is -2.80. The number of aromatic nitrogens is 1. The summed E-state index contributed by atoms with van der Waals surface area (Å²) in [7, 11) is 0. The zero-order valence-corrected chi connectivity index (χ0v) is 13.7. The molecule has 8 heteroatoms. The van der Waals surface area contributed by atoms with Crippen LogP contribution in [0.3, 0.4) is 0 Å². The van der Waals surface area contributed by atoms with E-state index in [1.807, 2.05) is 18.3 Å². The average molecular weight is 364 g/mol. The minimum Gasteiger partial charge on any atom is -0.361 e. The van der Waals surface area contributed by atoms with Crippen molar-refractivity contribution in [3.05, 3.63) is 35.0 Å². The molecule has 2 heterocycles. The Balaban J connectivity index is 0.00000192. The topological polar surface area (TPSA) is 56.9 Å². The molecule has 3 rings (SSSR count). The fourth-order valence-corrected chi connectivity index (χ4v) is 2.87. The maximum Gasteiger partial charge on any atom is 0.262 e. The maximum atomic E-state index is 13.1. The van der Waals surface area contributed by atoms with E-state index in [-0.39, 0.29) is 18.3 Å². The quantitative estimate of drug-likeness (QED) is 0.782. The number of nitrogens with one attached hydrogen (secondary N) is 3. The van der Waals surface area contributed by atoms with Gasteiger partial charge in [0.1, 0.15) is 0 Å². The van der Waals surface area contributed by atoms with Gasteiger partial charge in [-0.3, -0.25) is 10.1 Å². The minimum absolute atomic E-state index is 0. The third-order valence-electron chi connectivity index (χ3n) is 3.85. The first kappa shape index (κ1) is 18.0. The molecule has 2 aromatic rings. The fourth-order valence-electron chi connectivity index (χ4n) is 2.70. The standard InChI is InChI=1S/C15H16ClF2N3O.ClH/c16-10-1-2-12-11(5-10)9(7-20-12)3-4-19-14(22)13-6-15(17,18)8-21-13;/h1-2,5,7,13,20-21H,3-4,6,8H2,(H,19,22);1H. The fraction of sp³-hybridized carbons (Fsp3) is 0.400. The molecule has 0 aliphatic carbocycles. The summed E-state index contributed by atoms with van der Waals surface area (Å²) in [5, 5.41) is 6.89. The van der Waals surface area contributed by atoms with Crippen molar-refractivity contribution < 1.29 is 13.6 Å². The van der Waals surface area contributed by atoms with Crippen molar-refractivity contribution in [2.24, 2.45) is 0 Å². The summed E-state index contributed by atoms with van der Waals surface area (Å²) in [5.41, 5.74) is 2.00. The molecule has 0 bridgehead atoms. The van der Waals surface area contributed by atoms with Crippen molar-refractivity contribution in [2.75, 3.05) is 13.1 Å². The highest BCUT2D eigenvalue weighted by Crippen LogP contribution is 2.25. The monoisotopic (exact) mass is 363 g/mol. The van der Waals surface area contributed by atoms with Gasteiger partial charge in [-0.05, 0) is 30.2 Å². The smallest absolute Gasteiger partial charge is 0.262 e. The van der Waals surface area contributed by atoms with E-state index in [1.165, 1.54) is 0 Å². The molecule has 1 atom stereocenters. The number of rotatable bonds is 4. The summed E-state index contributed by atoms with van der Waals surface area (Å²) >= 11 is 5.98. The van der Waals surface area contributed by atoms with Gasteiger partial charge in [-0.15, -0.1) is 12.4 Å². The van der Waals surface area contributed by atoms with Gasteiger partial charge < -0.3 is 10.3 Å². The van der Waals surface area contributed by atoms with Gasteiger partial charge in [0.15, 0.2) is 0 Å². The predicted octanol–water partition coefficient (Wildman–Crippen LogP) is 2.90. The number of halogens is 4. The lowest BCUT2D eigenvalue weighted by Crippen LogP contribution is -2.41. The first-order valence-electron chi connectivity index (χ1n) is 7.09. The van der Waals surface area contributed by atoms with Crippen LogP contribution in [0.2, 0.25) is 5.02 Å². The van der Waals surface area contributed by atoms with Crippen molar-refractivity contribution in [3.63, 3.8) is 0 Å². The Bertz CT molecular complexity index is 705. The molecular formula is C15H17Cl2F2N3O. The molecule has 1 aromatic carbocycles. The predicted molar refractivity (Wildman–Crippen MR) is 88.6 cm³/mol. The van der Waals surface area contributed by atoms with Crippen LogP contribution < -0.4 is 10.6 Å². The van der Waals surface area contributed by atoms with Crippen molar-refractivity contribution in [3.8, 4) is 0 Å². The van der Waals surface area contributed by atoms with Crippen LogP contribution in [-0.4, -0.2) is 35.9 Å². The Morgan fingerprint density at radius 1 is 1.43 bits per heavy atom. The molecule has 1 aliphatic heterocycles. The second kappa shape index (κ2) is 7.03. The largest absolute Gasteiger partial charge is 0.361 e. The van der Waals surface area contributed by atoms with Gasteiger partial charge in [0.05, 0.1) is 12.6 Å². The van der Waals surface area contributed by atoms with Crippen LogP contribution in [0.15, 0.2) is 24.4 Å². The SMILES string of the molecule is Cl.O=C(NCCc1c[nH]c2ccc(Cl)cc12)C1CC(F)(F)CN1. The third kappa shape index (κ3) is 4.13. The van der Waals surface area contributed by atoms with Gasteiger partial charge in [-0.1, -0.05) is 11.6 Å². The van der Waals surface area contributed by atoms with Gasteiger partial charge in [0.2, 0.25) is 5.91 Å². The highest BCUT2D eigenvalue weighted by Gasteiger charge is 2.42. The van der Waals surface area contributed by atoms with Gasteiger partial charge in [0.25, 0.3) is 5.92 Å². The number of benzene rings is 1. The number of fused-ring (bicyclic) bond motifs is 1. The van der Waals surface area contributed by atoms with Crippen molar-refractivity contribution in [1.29, 1.82) is 0 Å². The van der Waals surface area contributed by atoms with Crippen LogP contribution in [0, 0.1) is 0 Å². The van der Waals surface area contributed by atoms with Crippen LogP contribution in [0.25, 0.3) is 10.9 Å². The van der Waals surface area contributed by atoms with E-state index in [4.69, 9.17) is 11.6 Å². The second-order valence-corrected chi connectivity index (χ2v) is 5.97. The molecule has 1 amide bonds. The summed E-state index contributed by atoms with van der Waals surface area (Å²) in [6, 6.07) is 4.75. The number of carbonyl (C=O) groups excluding carboxylic acids is 1. The first-order chi connectivity index (χ1) is 10.4. The van der Waals surface area contributed by atoms with E-state index in [9.17, 15) is 13.6 Å². The average Bonchev–Trinajstić information content (AvgIpc) is 3.02. The Labute approximate surface area is 143 Å². The molecule has 1 aromatic heterocycles. The summed E-state index contributed by atoms with van der Waals surface area (Å²) in [6.07, 6.45) is 2.03. The van der Waals surface area contributed by atoms with Gasteiger partial charge in [-0.2, -0.15) is 0 Å². The first-order valence-corrected chi connectivity index (χ1v) is 7.47. The van der Waals surface area contributed by atoms with Crippen molar-refractivity contribution in [1.82, 2.24) is 15.6 Å². The van der Waals surface area contributed by atoms with Crippen LogP contribution in [0.1, 0.15) is 12.0 Å². The lowest BCUT2D eigenvalue weighted by atomic mass is 10.1. The van der Waals surface area contributed by atoms with Gasteiger partial charge in [-0.25, -0.2) is 8.78 Å². The summed E-state index contributed by atoms with van der Waals surface area (Å²) in [4.78, 5) is 15.0. The van der Waals surface area contributed by atoms with Crippen LogP contribution in [0.5, 0.6) is 0 Å². The van der Waals surface area contributed by atoms with Gasteiger partial charge in [0, 0.05) is 35.1 Å². The maximum absolute atomic E-state index is 13.1. The Kier molecular flexibility index (Phi) is 5.49. The summed E-state index contributed by atoms with van der Waals surface area (Å²) in [5.74, 6) is -3.18. The van der Waals surface area contributed by atoms with E-state index in [1.54, 1.807) is 6.07 Å². The van der Waals surface area contributed by atoms with E-state index in [2.05, 4.69) is 15.6 Å². The van der Waals surface area contributed by atoms with E-state index >= 15 is 0 Å². The highest BCUT2D eigenvalue weighted by molar-refractivity contribution is 6.31. The second-order valence-electron chi connectivity index (χ2n) is 5.54. The number of H-pyrrole nitrogens is 1. The molecule has 1 unspecified atom stereocenters. The molecule has 1 fully saturated rings. The number of hydrogen-bond acceptors (Lipinski definition) is 2.